The predicted molar refractivity (Wildman–Crippen MR) is 515 cm³/mol. The van der Waals surface area contributed by atoms with Crippen LogP contribution in [0.4, 0.5) is 0 Å². The molecule has 0 saturated carbocycles. The van der Waals surface area contributed by atoms with Gasteiger partial charge >= 0.3 is 23.9 Å². The summed E-state index contributed by atoms with van der Waals surface area (Å²) >= 11 is 0. The minimum Gasteiger partial charge on any atom is -0.480 e. The van der Waals surface area contributed by atoms with Crippen LogP contribution in [0.25, 0.3) is 0 Å². The lowest BCUT2D eigenvalue weighted by molar-refractivity contribution is -0.160. The van der Waals surface area contributed by atoms with Gasteiger partial charge in [0.2, 0.25) is 64.4 Å². The number of carbonyl (C=O) groups is 11. The summed E-state index contributed by atoms with van der Waals surface area (Å²) in [5, 5.41) is 135. The molecule has 0 spiro atoms. The van der Waals surface area contributed by atoms with Gasteiger partial charge in [0.25, 0.3) is 0 Å². The summed E-state index contributed by atoms with van der Waals surface area (Å²) in [6, 6.07) is -6.47. The van der Waals surface area contributed by atoms with Crippen molar-refractivity contribution >= 4 is 89.1 Å². The molecule has 61 nitrogen and oxygen atoms in total. The summed E-state index contributed by atoms with van der Waals surface area (Å²) in [4.78, 5) is 155. The van der Waals surface area contributed by atoms with E-state index in [-0.39, 0.29) is 143 Å². The molecule has 0 unspecified atom stereocenters. The summed E-state index contributed by atoms with van der Waals surface area (Å²) in [7, 11) is 1.89. The van der Waals surface area contributed by atoms with Crippen LogP contribution in [-0.4, -0.2) is 514 Å². The number of ether oxygens (including phenoxy) is 18. The van der Waals surface area contributed by atoms with Crippen LogP contribution in [0.5, 0.6) is 0 Å². The number of carbonyl (C=O) groups excluding carboxylic acids is 7. The maximum atomic E-state index is 13.3. The highest BCUT2D eigenvalue weighted by atomic mass is 16.6. The lowest BCUT2D eigenvalue weighted by Gasteiger charge is -2.40. The fraction of sp³-hybridized carbons (Fsp3) is 0.736. The molecule has 4 rings (SSSR count). The molecule has 4 aliphatic heterocycles. The van der Waals surface area contributed by atoms with Crippen LogP contribution in [0.2, 0.25) is 0 Å². The van der Waals surface area contributed by atoms with Gasteiger partial charge in [-0.15, -0.1) is 0 Å². The molecule has 7 amide bonds. The van der Waals surface area contributed by atoms with Gasteiger partial charge in [-0.05, 0) is 37.8 Å². The van der Waals surface area contributed by atoms with Gasteiger partial charge in [-0.2, -0.15) is 0 Å². The molecule has 4 heterocycles. The van der Waals surface area contributed by atoms with E-state index in [0.29, 0.717) is 65.9 Å². The van der Waals surface area contributed by atoms with Gasteiger partial charge in [0, 0.05) is 84.6 Å². The Balaban J connectivity index is 0.000000767. The Morgan fingerprint density at radius 2 is 0.588 bits per heavy atom. The molecule has 0 aromatic rings. The third-order valence-corrected chi connectivity index (χ3v) is 21.4. The molecule has 0 fully saturated rings. The number of likely N-dealkylation sites (N-methyl/N-ethyl adjacent to an activating group) is 1. The second kappa shape index (κ2) is 74.4. The second-order valence-electron chi connectivity index (χ2n) is 33.1. The first-order valence-electron chi connectivity index (χ1n) is 47.3. The van der Waals surface area contributed by atoms with Crippen molar-refractivity contribution in [3.63, 3.8) is 0 Å². The molecule has 0 aromatic heterocycles. The Bertz CT molecular complexity index is 4230. The third-order valence-electron chi connectivity index (χ3n) is 21.4. The van der Waals surface area contributed by atoms with Crippen LogP contribution < -0.4 is 77.8 Å². The van der Waals surface area contributed by atoms with Crippen LogP contribution in [0, 0.1) is 11.8 Å². The molecular weight excluding hydrogens is 1980 g/mol. The van der Waals surface area contributed by atoms with Gasteiger partial charge in [-0.3, -0.25) is 33.6 Å². The largest absolute Gasteiger partial charge is 0.480 e. The summed E-state index contributed by atoms with van der Waals surface area (Å²) < 4.78 is 100. The number of carboxylic acids is 4. The van der Waals surface area contributed by atoms with Crippen molar-refractivity contribution in [3.8, 4) is 0 Å². The van der Waals surface area contributed by atoms with Gasteiger partial charge in [-0.1, -0.05) is 20.8 Å². The summed E-state index contributed by atoms with van der Waals surface area (Å²) in [5.41, 5.74) is 44.1. The Morgan fingerprint density at radius 3 is 0.858 bits per heavy atom. The molecule has 20 atom stereocenters. The van der Waals surface area contributed by atoms with Crippen LogP contribution >= 0.6 is 0 Å². The monoisotopic (exact) mass is 2130 g/mol. The van der Waals surface area contributed by atoms with Gasteiger partial charge in [0.1, 0.15) is 87.5 Å². The van der Waals surface area contributed by atoms with Crippen molar-refractivity contribution in [2.45, 2.75) is 157 Å². The number of nitrogens with two attached hydrogens (primary N) is 8. The van der Waals surface area contributed by atoms with E-state index in [4.69, 9.17) is 131 Å². The molecule has 846 valence electrons. The van der Waals surface area contributed by atoms with Crippen molar-refractivity contribution < 1.29 is 199 Å². The highest BCUT2D eigenvalue weighted by Gasteiger charge is 2.49. The normalized spacial score (nSPS) is 21.0. The van der Waals surface area contributed by atoms with E-state index >= 15 is 0 Å². The second-order valence-corrected chi connectivity index (χ2v) is 33.1. The van der Waals surface area contributed by atoms with Crippen LogP contribution in [-0.2, 0) is 138 Å². The molecule has 34 N–H and O–H groups in total. The Hall–Kier alpha value is -11.5. The van der Waals surface area contributed by atoms with E-state index in [9.17, 15) is 114 Å². The Kier molecular flexibility index (Phi) is 65.7. The highest BCUT2D eigenvalue weighted by molar-refractivity contribution is 5.88. The highest BCUT2D eigenvalue weighted by Crippen LogP contribution is 2.34. The average molecular weight is 2130 g/mol. The van der Waals surface area contributed by atoms with E-state index in [0.717, 1.165) is 25.5 Å². The standard InChI is InChI=1S/C47H82N10O22.C40H70N10O19/c1-4-10-70-16-18-74-20-21-75-19-17-71-11-5-38(65)57(8-14-72-12-6-52-36(63)26-76-41(32(61)24-58)40-28(2)30(55-46(48)49)22-34(78-40)44(66)67)9-15-73-13-7-53-37(64)27-77-42(33(62)25-59)43-39(54-29(3)60)31(56-47(50)51)23-35(79-43)45(68)69;1-22-24(48-39(41)42)16-28(37(58)59)68-33(22)34(26(54)18-51)66-20-30(56)45-4-8-62-12-14-64-10-6-50(3)7-11-65-15-13-63-9-5-46-31(57)21-67-35(27(55)19-52)36-32(47-23(2)53)25(49-40(43)44)17-29(69-36)38(60)61/h22-23,28,30-33,39-43,58-59,61-62H,4-21,24-27H2,1-3H3,(H,52,63)(H,53,64)(H,54,60)(H,66,67)(H,68,69)(H4,48,49,55)(H4,50,51,56);16-17,22,24-27,32-36,51-52,54-55H,4-15,18-21H2,1-3H3,(H,45,56)(H,46,57)(H,47,53)(H,58,59)(H,60,61)(H4,41,42,48)(H4,43,44,49)/t28-,30+,31+,32-,33-,39-,40-,41-,42-,43-;22-,24+,25+,26-,27-,32-,33-,34-,35-,36-/m11/s1. The van der Waals surface area contributed by atoms with Crippen molar-refractivity contribution in [2.24, 2.45) is 77.7 Å². The Labute approximate surface area is 853 Å². The number of hydrogen-bond donors (Lipinski definition) is 26. The van der Waals surface area contributed by atoms with E-state index in [1.54, 1.807) is 13.8 Å². The third kappa shape index (κ3) is 52.6. The molecule has 0 saturated heterocycles. The maximum Gasteiger partial charge on any atom is 0.370 e. The lowest BCUT2D eigenvalue weighted by atomic mass is 9.87. The topological polar surface area (TPSA) is 933 Å². The first-order chi connectivity index (χ1) is 70.5. The van der Waals surface area contributed by atoms with Gasteiger partial charge in [0.05, 0.1) is 195 Å². The summed E-state index contributed by atoms with van der Waals surface area (Å²) in [6.07, 6.45) is -12.2. The molecule has 61 heteroatoms. The SMILES string of the molecule is CC(=O)N[C@H]1[C@H]([C@H](OCC(=O)NCCOCCOCCN(C)CCOCCOCCNC(=O)CO[C@@H]([C@@H]2OC(C(=O)O)=C[C@H](N=C(N)N)[C@H]2C)[C@H](O)CO)[C@H](O)CO)OC(C(=O)O)=C[C@@H]1N=C(N)N.CCCOCCOCCOCCOCCC(=O)N(CCOCCNC(=O)CO[C@@H]([C@@H]1OC(C(=O)O)=C[C@H](N=C(N)N)[C@H]1C)[C@H](O)CO)CCOCCNC(=O)CO[C@@H]([C@@H]1OC(C(=O)O)=C[C@H](N=C(N)N)[C@H]1NC(C)=O)[C@H](O)CO. The van der Waals surface area contributed by atoms with Crippen molar-refractivity contribution in [2.75, 3.05) is 244 Å². The van der Waals surface area contributed by atoms with Crippen molar-refractivity contribution in [1.29, 1.82) is 0 Å². The number of hydrogen-bond acceptors (Lipinski definition) is 42. The number of nitrogens with zero attached hydrogens (tertiary/aromatic N) is 6. The number of aliphatic carboxylic acids is 4. The minimum absolute atomic E-state index is 0.00122. The van der Waals surface area contributed by atoms with Gasteiger partial charge < -0.3 is 234 Å². The number of rotatable bonds is 78. The molecule has 0 bridgehead atoms. The number of carboxylic acid groups (broad SMARTS) is 4. The van der Waals surface area contributed by atoms with Crippen LogP contribution in [0.15, 0.2) is 67.3 Å². The molecule has 4 aliphatic rings. The van der Waals surface area contributed by atoms with E-state index in [1.807, 2.05) is 18.9 Å². The van der Waals surface area contributed by atoms with Crippen LogP contribution in [0.1, 0.15) is 47.5 Å². The molecular formula is C87H152N20O41. The molecule has 0 aromatic carbocycles. The van der Waals surface area contributed by atoms with Gasteiger partial charge in [-0.25, -0.2) is 39.1 Å². The number of aliphatic imine (C=N–C) groups is 4. The fourth-order valence-corrected chi connectivity index (χ4v) is 14.2. The summed E-state index contributed by atoms with van der Waals surface area (Å²) in [5.74, 6) is -15.0. The number of aliphatic hydroxyl groups excluding tert-OH is 8. The van der Waals surface area contributed by atoms with Crippen molar-refractivity contribution in [3.05, 3.63) is 47.3 Å². The quantitative estimate of drug-likeness (QED) is 0.0153. The number of amides is 7. The number of guanidine groups is 4. The minimum atomic E-state index is -1.74. The Morgan fingerprint density at radius 1 is 0.351 bits per heavy atom. The first kappa shape index (κ1) is 131. The fourth-order valence-electron chi connectivity index (χ4n) is 14.2. The number of aliphatic hydroxyl groups is 8. The van der Waals surface area contributed by atoms with E-state index in [2.05, 4.69) is 51.9 Å². The maximum absolute atomic E-state index is 13.3. The molecule has 0 aliphatic carbocycles. The predicted octanol–water partition coefficient (Wildman–Crippen LogP) is -13.6. The van der Waals surface area contributed by atoms with Gasteiger partial charge in [0.15, 0.2) is 36.0 Å². The van der Waals surface area contributed by atoms with E-state index < -0.39 is 268 Å². The zero-order valence-electron chi connectivity index (χ0n) is 83.7. The molecule has 0 radical (unpaired) electrons. The van der Waals surface area contributed by atoms with E-state index in [1.165, 1.54) is 24.0 Å². The zero-order valence-corrected chi connectivity index (χ0v) is 83.7. The zero-order chi connectivity index (χ0) is 110. The number of nitrogens with one attached hydrogen (secondary N) is 6. The van der Waals surface area contributed by atoms with Crippen LogP contribution in [0.3, 0.4) is 0 Å². The first-order valence-corrected chi connectivity index (χ1v) is 47.3. The van der Waals surface area contributed by atoms with Crippen molar-refractivity contribution in [1.82, 2.24) is 41.7 Å². The molecule has 148 heavy (non-hydrogen) atoms. The smallest absolute Gasteiger partial charge is 0.370 e. The average Bonchev–Trinajstić information content (AvgIpc) is 0.800. The summed E-state index contributed by atoms with van der Waals surface area (Å²) in [6.45, 7) is 8.44. The lowest BCUT2D eigenvalue weighted by Crippen LogP contribution is -2.60.